The van der Waals surface area contributed by atoms with Crippen molar-refractivity contribution in [3.05, 3.63) is 28.7 Å². The number of nitrogens with zero attached hydrogens (tertiary/aromatic N) is 4. The summed E-state index contributed by atoms with van der Waals surface area (Å²) in [6.45, 7) is 2.58. The maximum Gasteiger partial charge on any atom is 0.148 e. The molecule has 0 radical (unpaired) electrons. The fraction of sp³-hybridized carbons (Fsp3) is 0.400. The number of nitrogens with one attached hydrogen (secondary N) is 1. The summed E-state index contributed by atoms with van der Waals surface area (Å²) in [5.41, 5.74) is 1.95. The first kappa shape index (κ1) is 11.0. The van der Waals surface area contributed by atoms with Crippen molar-refractivity contribution >= 4 is 17.4 Å². The molecular formula is C10H14ClN5. The maximum absolute atomic E-state index is 6.12. The van der Waals surface area contributed by atoms with Crippen LogP contribution in [0.2, 0.25) is 5.15 Å². The molecule has 0 saturated carbocycles. The third-order valence-corrected chi connectivity index (χ3v) is 2.90. The van der Waals surface area contributed by atoms with Gasteiger partial charge in [0.2, 0.25) is 0 Å². The Bertz CT molecular complexity index is 499. The van der Waals surface area contributed by atoms with Gasteiger partial charge in [0.15, 0.2) is 0 Å². The van der Waals surface area contributed by atoms with Crippen molar-refractivity contribution in [3.8, 4) is 0 Å². The topological polar surface area (TPSA) is 47.7 Å². The van der Waals surface area contributed by atoms with E-state index in [-0.39, 0.29) is 0 Å². The first-order valence-corrected chi connectivity index (χ1v) is 5.37. The van der Waals surface area contributed by atoms with Gasteiger partial charge in [-0.15, -0.1) is 0 Å². The van der Waals surface area contributed by atoms with Gasteiger partial charge in [0.05, 0.1) is 5.69 Å². The van der Waals surface area contributed by atoms with Crippen molar-refractivity contribution in [1.29, 1.82) is 0 Å². The average Bonchev–Trinajstić information content (AvgIpc) is 2.72. The SMILES string of the molecule is Cc1nn(C)c(Cl)c1CNc1ccn(C)n1. The molecular weight excluding hydrogens is 226 g/mol. The Kier molecular flexibility index (Phi) is 2.87. The highest BCUT2D eigenvalue weighted by Crippen LogP contribution is 2.19. The van der Waals surface area contributed by atoms with Crippen LogP contribution in [-0.4, -0.2) is 19.6 Å². The average molecular weight is 240 g/mol. The van der Waals surface area contributed by atoms with Gasteiger partial charge in [-0.1, -0.05) is 11.6 Å². The van der Waals surface area contributed by atoms with E-state index in [1.165, 1.54) is 0 Å². The first-order chi connectivity index (χ1) is 7.58. The Morgan fingerprint density at radius 3 is 2.62 bits per heavy atom. The molecule has 0 aromatic carbocycles. The second-order valence-corrected chi connectivity index (χ2v) is 4.06. The minimum absolute atomic E-state index is 0.634. The molecule has 2 aromatic rings. The highest BCUT2D eigenvalue weighted by molar-refractivity contribution is 6.30. The van der Waals surface area contributed by atoms with Gasteiger partial charge in [-0.05, 0) is 6.92 Å². The largest absolute Gasteiger partial charge is 0.364 e. The molecule has 0 aliphatic carbocycles. The molecule has 86 valence electrons. The number of rotatable bonds is 3. The predicted molar refractivity (Wildman–Crippen MR) is 63.5 cm³/mol. The minimum atomic E-state index is 0.634. The molecule has 0 aliphatic rings. The summed E-state index contributed by atoms with van der Waals surface area (Å²) in [6, 6.07) is 1.92. The van der Waals surface area contributed by atoms with Crippen LogP contribution in [0.15, 0.2) is 12.3 Å². The Morgan fingerprint density at radius 2 is 2.12 bits per heavy atom. The number of halogens is 1. The van der Waals surface area contributed by atoms with Gasteiger partial charge in [0.25, 0.3) is 0 Å². The van der Waals surface area contributed by atoms with Crippen molar-refractivity contribution < 1.29 is 0 Å². The van der Waals surface area contributed by atoms with Crippen molar-refractivity contribution in [2.45, 2.75) is 13.5 Å². The van der Waals surface area contributed by atoms with E-state index in [0.29, 0.717) is 11.7 Å². The number of aryl methyl sites for hydroxylation is 3. The lowest BCUT2D eigenvalue weighted by atomic mass is 10.2. The normalized spacial score (nSPS) is 10.8. The fourth-order valence-electron chi connectivity index (χ4n) is 1.56. The van der Waals surface area contributed by atoms with Crippen molar-refractivity contribution in [3.63, 3.8) is 0 Å². The number of hydrogen-bond donors (Lipinski definition) is 1. The van der Waals surface area contributed by atoms with E-state index in [0.717, 1.165) is 17.1 Å². The van der Waals surface area contributed by atoms with Gasteiger partial charge >= 0.3 is 0 Å². The van der Waals surface area contributed by atoms with Crippen LogP contribution >= 0.6 is 11.6 Å². The smallest absolute Gasteiger partial charge is 0.148 e. The van der Waals surface area contributed by atoms with Crippen molar-refractivity contribution in [2.24, 2.45) is 14.1 Å². The molecule has 1 N–H and O–H groups in total. The van der Waals surface area contributed by atoms with Gasteiger partial charge in [0.1, 0.15) is 11.0 Å². The first-order valence-electron chi connectivity index (χ1n) is 4.99. The second-order valence-electron chi connectivity index (χ2n) is 3.71. The van der Waals surface area contributed by atoms with Crippen LogP contribution in [-0.2, 0) is 20.6 Å². The molecule has 0 bridgehead atoms. The lowest BCUT2D eigenvalue weighted by Crippen LogP contribution is -2.02. The molecule has 2 rings (SSSR count). The van der Waals surface area contributed by atoms with Crippen molar-refractivity contribution in [2.75, 3.05) is 5.32 Å². The van der Waals surface area contributed by atoms with Crippen LogP contribution in [0, 0.1) is 6.92 Å². The summed E-state index contributed by atoms with van der Waals surface area (Å²) in [5.74, 6) is 0.835. The zero-order valence-corrected chi connectivity index (χ0v) is 10.3. The Hall–Kier alpha value is -1.49. The molecule has 2 aromatic heterocycles. The Labute approximate surface area is 99.0 Å². The van der Waals surface area contributed by atoms with Crippen molar-refractivity contribution in [1.82, 2.24) is 19.6 Å². The quantitative estimate of drug-likeness (QED) is 0.888. The van der Waals surface area contributed by atoms with Crippen LogP contribution in [0.1, 0.15) is 11.3 Å². The van der Waals surface area contributed by atoms with Crippen LogP contribution in [0.4, 0.5) is 5.82 Å². The standard InChI is InChI=1S/C10H14ClN5/c1-7-8(10(11)16(3)13-7)6-12-9-4-5-15(2)14-9/h4-5H,6H2,1-3H3,(H,12,14). The molecule has 0 amide bonds. The lowest BCUT2D eigenvalue weighted by Gasteiger charge is -2.02. The van der Waals surface area contributed by atoms with Crippen LogP contribution in [0.25, 0.3) is 0 Å². The third kappa shape index (κ3) is 2.04. The van der Waals surface area contributed by atoms with Gasteiger partial charge < -0.3 is 5.32 Å². The summed E-state index contributed by atoms with van der Waals surface area (Å²) in [6.07, 6.45) is 1.89. The van der Waals surface area contributed by atoms with E-state index in [1.807, 2.05) is 33.3 Å². The molecule has 5 nitrogen and oxygen atoms in total. The molecule has 2 heterocycles. The van der Waals surface area contributed by atoms with Gasteiger partial charge in [-0.2, -0.15) is 10.2 Å². The van der Waals surface area contributed by atoms with Gasteiger partial charge in [-0.3, -0.25) is 9.36 Å². The fourth-order valence-corrected chi connectivity index (χ4v) is 1.80. The third-order valence-electron chi connectivity index (χ3n) is 2.43. The van der Waals surface area contributed by atoms with E-state index in [9.17, 15) is 0 Å². The van der Waals surface area contributed by atoms with Crippen LogP contribution in [0.5, 0.6) is 0 Å². The Balaban J connectivity index is 2.10. The lowest BCUT2D eigenvalue weighted by molar-refractivity contribution is 0.757. The van der Waals surface area contributed by atoms with Crippen LogP contribution < -0.4 is 5.32 Å². The maximum atomic E-state index is 6.12. The highest BCUT2D eigenvalue weighted by atomic mass is 35.5. The summed E-state index contributed by atoms with van der Waals surface area (Å²) < 4.78 is 3.42. The predicted octanol–water partition coefficient (Wildman–Crippen LogP) is 1.73. The van der Waals surface area contributed by atoms with E-state index >= 15 is 0 Å². The molecule has 0 spiro atoms. The van der Waals surface area contributed by atoms with E-state index in [2.05, 4.69) is 15.5 Å². The number of aromatic nitrogens is 4. The zero-order valence-electron chi connectivity index (χ0n) is 9.53. The highest BCUT2D eigenvalue weighted by Gasteiger charge is 2.10. The summed E-state index contributed by atoms with van der Waals surface area (Å²) >= 11 is 6.12. The molecule has 0 saturated heterocycles. The molecule has 6 heteroatoms. The van der Waals surface area contributed by atoms with E-state index in [1.54, 1.807) is 9.36 Å². The van der Waals surface area contributed by atoms with Gasteiger partial charge in [-0.25, -0.2) is 0 Å². The molecule has 0 atom stereocenters. The number of hydrogen-bond acceptors (Lipinski definition) is 3. The van der Waals surface area contributed by atoms with Gasteiger partial charge in [0, 0.05) is 38.5 Å². The zero-order chi connectivity index (χ0) is 11.7. The number of anilines is 1. The second kappa shape index (κ2) is 4.17. The van der Waals surface area contributed by atoms with E-state index < -0.39 is 0 Å². The molecule has 0 unspecified atom stereocenters. The molecule has 0 aliphatic heterocycles. The summed E-state index contributed by atoms with van der Waals surface area (Å²) in [7, 11) is 3.72. The molecule has 16 heavy (non-hydrogen) atoms. The summed E-state index contributed by atoms with van der Waals surface area (Å²) in [4.78, 5) is 0. The Morgan fingerprint density at radius 1 is 1.38 bits per heavy atom. The summed E-state index contributed by atoms with van der Waals surface area (Å²) in [5, 5.41) is 12.3. The van der Waals surface area contributed by atoms with E-state index in [4.69, 9.17) is 11.6 Å². The van der Waals surface area contributed by atoms with Crippen LogP contribution in [0.3, 0.4) is 0 Å². The minimum Gasteiger partial charge on any atom is -0.364 e. The molecule has 0 fully saturated rings. The monoisotopic (exact) mass is 239 g/mol.